The zero-order valence-electron chi connectivity index (χ0n) is 10.6. The van der Waals surface area contributed by atoms with Gasteiger partial charge in [0, 0.05) is 10.2 Å². The molecule has 1 amide bonds. The minimum atomic E-state index is -0.249. The fourth-order valence-electron chi connectivity index (χ4n) is 1.64. The molecule has 2 aromatic rings. The molecule has 2 rings (SSSR count). The second-order valence-electron chi connectivity index (χ2n) is 4.15. The van der Waals surface area contributed by atoms with Crippen LogP contribution in [-0.2, 0) is 10.5 Å². The zero-order valence-corrected chi connectivity index (χ0v) is 13.0. The first-order valence-corrected chi connectivity index (χ1v) is 7.96. The lowest BCUT2D eigenvalue weighted by atomic mass is 10.2. The molecular weight excluding hydrogens is 341 g/mol. The number of benzene rings is 2. The summed E-state index contributed by atoms with van der Waals surface area (Å²) in [5.74, 6) is 0.623. The van der Waals surface area contributed by atoms with Crippen molar-refractivity contribution >= 4 is 39.3 Å². The van der Waals surface area contributed by atoms with Crippen LogP contribution in [0.5, 0.6) is 0 Å². The van der Waals surface area contributed by atoms with Gasteiger partial charge in [0.05, 0.1) is 11.4 Å². The summed E-state index contributed by atoms with van der Waals surface area (Å²) >= 11 is 4.83. The lowest BCUT2D eigenvalue weighted by Crippen LogP contribution is -2.14. The quantitative estimate of drug-likeness (QED) is 0.859. The Kier molecular flexibility index (Phi) is 5.61. The molecule has 2 nitrogen and oxygen atoms in total. The zero-order chi connectivity index (χ0) is 14.4. The molecular formula is C15H13BrFNOS. The number of rotatable bonds is 5. The van der Waals surface area contributed by atoms with E-state index in [9.17, 15) is 9.18 Å². The van der Waals surface area contributed by atoms with Crippen molar-refractivity contribution < 1.29 is 9.18 Å². The van der Waals surface area contributed by atoms with Gasteiger partial charge in [-0.25, -0.2) is 4.39 Å². The average molecular weight is 354 g/mol. The topological polar surface area (TPSA) is 29.1 Å². The standard InChI is InChI=1S/C15H13BrFNOS/c16-13-6-1-2-7-14(13)18-15(19)10-20-9-11-4-3-5-12(17)8-11/h1-8H,9-10H2,(H,18,19). The highest BCUT2D eigenvalue weighted by Gasteiger charge is 2.05. The van der Waals surface area contributed by atoms with Crippen molar-refractivity contribution in [3.05, 3.63) is 64.4 Å². The van der Waals surface area contributed by atoms with Crippen LogP contribution in [0.25, 0.3) is 0 Å². The maximum Gasteiger partial charge on any atom is 0.234 e. The Bertz CT molecular complexity index is 606. The van der Waals surface area contributed by atoms with Gasteiger partial charge >= 0.3 is 0 Å². The number of carbonyl (C=O) groups is 1. The molecule has 0 aliphatic rings. The second kappa shape index (κ2) is 7.45. The van der Waals surface area contributed by atoms with Gasteiger partial charge in [-0.1, -0.05) is 24.3 Å². The smallest absolute Gasteiger partial charge is 0.234 e. The Labute approximate surface area is 129 Å². The monoisotopic (exact) mass is 353 g/mol. The van der Waals surface area contributed by atoms with E-state index in [2.05, 4.69) is 21.2 Å². The van der Waals surface area contributed by atoms with E-state index >= 15 is 0 Å². The summed E-state index contributed by atoms with van der Waals surface area (Å²) in [4.78, 5) is 11.8. The van der Waals surface area contributed by atoms with E-state index < -0.39 is 0 Å². The van der Waals surface area contributed by atoms with Crippen molar-refractivity contribution in [1.82, 2.24) is 0 Å². The molecule has 1 N–H and O–H groups in total. The van der Waals surface area contributed by atoms with Crippen LogP contribution in [0.2, 0.25) is 0 Å². The van der Waals surface area contributed by atoms with Crippen LogP contribution in [0.1, 0.15) is 5.56 Å². The summed E-state index contributed by atoms with van der Waals surface area (Å²) in [6, 6.07) is 13.9. The van der Waals surface area contributed by atoms with Crippen LogP contribution in [0.4, 0.5) is 10.1 Å². The fraction of sp³-hybridized carbons (Fsp3) is 0.133. The normalized spacial score (nSPS) is 10.3. The van der Waals surface area contributed by atoms with Crippen molar-refractivity contribution in [2.45, 2.75) is 5.75 Å². The molecule has 20 heavy (non-hydrogen) atoms. The number of para-hydroxylation sites is 1. The summed E-state index contributed by atoms with van der Waals surface area (Å²) in [7, 11) is 0. The summed E-state index contributed by atoms with van der Waals surface area (Å²) in [5, 5.41) is 2.83. The first-order chi connectivity index (χ1) is 9.65. The Morgan fingerprint density at radius 2 is 2.00 bits per heavy atom. The number of anilines is 1. The molecule has 0 heterocycles. The summed E-state index contributed by atoms with van der Waals surface area (Å²) in [6.07, 6.45) is 0. The first kappa shape index (κ1) is 15.1. The molecule has 0 spiro atoms. The maximum absolute atomic E-state index is 13.0. The third-order valence-corrected chi connectivity index (χ3v) is 4.23. The van der Waals surface area contributed by atoms with Gasteiger partial charge in [0.15, 0.2) is 0 Å². The van der Waals surface area contributed by atoms with Crippen molar-refractivity contribution in [3.8, 4) is 0 Å². The number of thioether (sulfide) groups is 1. The van der Waals surface area contributed by atoms with E-state index in [0.717, 1.165) is 15.7 Å². The number of amides is 1. The molecule has 0 saturated carbocycles. The Morgan fingerprint density at radius 1 is 1.20 bits per heavy atom. The molecule has 0 fully saturated rings. The predicted molar refractivity (Wildman–Crippen MR) is 85.3 cm³/mol. The largest absolute Gasteiger partial charge is 0.324 e. The third-order valence-electron chi connectivity index (χ3n) is 2.54. The minimum absolute atomic E-state index is 0.0710. The van der Waals surface area contributed by atoms with Gasteiger partial charge < -0.3 is 5.32 Å². The molecule has 0 bridgehead atoms. The first-order valence-electron chi connectivity index (χ1n) is 6.02. The fourth-order valence-corrected chi connectivity index (χ4v) is 2.80. The van der Waals surface area contributed by atoms with Crippen LogP contribution in [-0.4, -0.2) is 11.7 Å². The van der Waals surface area contributed by atoms with Crippen molar-refractivity contribution in [2.75, 3.05) is 11.1 Å². The van der Waals surface area contributed by atoms with Crippen molar-refractivity contribution in [1.29, 1.82) is 0 Å². The molecule has 0 aliphatic heterocycles. The van der Waals surface area contributed by atoms with Crippen molar-refractivity contribution in [3.63, 3.8) is 0 Å². The van der Waals surface area contributed by atoms with Gasteiger partial charge in [0.1, 0.15) is 5.82 Å². The average Bonchev–Trinajstić information content (AvgIpc) is 2.41. The van der Waals surface area contributed by atoms with Gasteiger partial charge in [-0.3, -0.25) is 4.79 Å². The maximum atomic E-state index is 13.0. The molecule has 0 saturated heterocycles. The highest BCUT2D eigenvalue weighted by atomic mass is 79.9. The summed E-state index contributed by atoms with van der Waals surface area (Å²) < 4.78 is 13.8. The van der Waals surface area contributed by atoms with E-state index in [1.807, 2.05) is 30.3 Å². The third kappa shape index (κ3) is 4.65. The van der Waals surface area contributed by atoms with Gasteiger partial charge in [0.25, 0.3) is 0 Å². The van der Waals surface area contributed by atoms with Crippen LogP contribution >= 0.6 is 27.7 Å². The Hall–Kier alpha value is -1.33. The molecule has 0 atom stereocenters. The van der Waals surface area contributed by atoms with E-state index in [0.29, 0.717) is 11.5 Å². The molecule has 0 aliphatic carbocycles. The molecule has 5 heteroatoms. The van der Waals surface area contributed by atoms with Gasteiger partial charge in [-0.05, 0) is 45.8 Å². The number of halogens is 2. The van der Waals surface area contributed by atoms with Crippen LogP contribution in [0.15, 0.2) is 53.0 Å². The van der Waals surface area contributed by atoms with Crippen LogP contribution in [0.3, 0.4) is 0 Å². The number of hydrogen-bond acceptors (Lipinski definition) is 2. The lowest BCUT2D eigenvalue weighted by molar-refractivity contribution is -0.113. The van der Waals surface area contributed by atoms with Gasteiger partial charge in [-0.15, -0.1) is 11.8 Å². The SMILES string of the molecule is O=C(CSCc1cccc(F)c1)Nc1ccccc1Br. The molecule has 104 valence electrons. The highest BCUT2D eigenvalue weighted by molar-refractivity contribution is 9.10. The second-order valence-corrected chi connectivity index (χ2v) is 5.99. The molecule has 0 aromatic heterocycles. The number of carbonyl (C=O) groups excluding carboxylic acids is 1. The Balaban J connectivity index is 1.80. The number of hydrogen-bond donors (Lipinski definition) is 1. The van der Waals surface area contributed by atoms with Crippen LogP contribution < -0.4 is 5.32 Å². The number of nitrogens with one attached hydrogen (secondary N) is 1. The van der Waals surface area contributed by atoms with Crippen molar-refractivity contribution in [2.24, 2.45) is 0 Å². The van der Waals surface area contributed by atoms with E-state index in [1.165, 1.54) is 23.9 Å². The van der Waals surface area contributed by atoms with Gasteiger partial charge in [-0.2, -0.15) is 0 Å². The van der Waals surface area contributed by atoms with E-state index in [-0.39, 0.29) is 11.7 Å². The van der Waals surface area contributed by atoms with E-state index in [1.54, 1.807) is 6.07 Å². The predicted octanol–water partition coefficient (Wildman–Crippen LogP) is 4.46. The summed E-state index contributed by atoms with van der Waals surface area (Å²) in [6.45, 7) is 0. The minimum Gasteiger partial charge on any atom is -0.324 e. The van der Waals surface area contributed by atoms with Gasteiger partial charge in [0.2, 0.25) is 5.91 Å². The molecule has 0 unspecified atom stereocenters. The van der Waals surface area contributed by atoms with E-state index in [4.69, 9.17) is 0 Å². The van der Waals surface area contributed by atoms with Crippen LogP contribution in [0, 0.1) is 5.82 Å². The highest BCUT2D eigenvalue weighted by Crippen LogP contribution is 2.21. The summed E-state index contributed by atoms with van der Waals surface area (Å²) in [5.41, 5.74) is 1.63. The molecule has 2 aromatic carbocycles. The lowest BCUT2D eigenvalue weighted by Gasteiger charge is -2.07. The Morgan fingerprint density at radius 3 is 2.75 bits per heavy atom. The molecule has 0 radical (unpaired) electrons.